The Labute approximate surface area is 114 Å². The van der Waals surface area contributed by atoms with Gasteiger partial charge in [0, 0.05) is 0 Å². The zero-order valence-corrected chi connectivity index (χ0v) is 11.2. The quantitative estimate of drug-likeness (QED) is 0.317. The van der Waals surface area contributed by atoms with Crippen LogP contribution >= 0.6 is 0 Å². The summed E-state index contributed by atoms with van der Waals surface area (Å²) in [6.07, 6.45) is 12.5. The molecule has 0 unspecified atom stereocenters. The zero-order valence-electron chi connectivity index (χ0n) is 11.2. The summed E-state index contributed by atoms with van der Waals surface area (Å²) in [5.41, 5.74) is 4.76. The third kappa shape index (κ3) is 3.47. The number of hydrazine groups is 1. The lowest BCUT2D eigenvalue weighted by molar-refractivity contribution is -0.117. The van der Waals surface area contributed by atoms with E-state index in [4.69, 9.17) is 5.84 Å². The van der Waals surface area contributed by atoms with Gasteiger partial charge in [0.15, 0.2) is 0 Å². The zero-order chi connectivity index (χ0) is 13.7. The van der Waals surface area contributed by atoms with Crippen LogP contribution < -0.4 is 11.3 Å². The van der Waals surface area contributed by atoms with Gasteiger partial charge in [0.2, 0.25) is 0 Å². The highest BCUT2D eigenvalue weighted by atomic mass is 16.3. The van der Waals surface area contributed by atoms with Crippen LogP contribution in [0.1, 0.15) is 51.4 Å². The van der Waals surface area contributed by atoms with Crippen LogP contribution in [0.3, 0.4) is 0 Å². The fraction of sp³-hybridized carbons (Fsp3) is 0.533. The monoisotopic (exact) mass is 262 g/mol. The average Bonchev–Trinajstić information content (AvgIpc) is 2.69. The van der Waals surface area contributed by atoms with E-state index in [-0.39, 0.29) is 5.76 Å². The number of amides is 1. The summed E-state index contributed by atoms with van der Waals surface area (Å²) < 4.78 is 0. The van der Waals surface area contributed by atoms with Crippen molar-refractivity contribution in [2.75, 3.05) is 0 Å². The fourth-order valence-electron chi connectivity index (χ4n) is 2.76. The van der Waals surface area contributed by atoms with E-state index in [1.54, 1.807) is 6.08 Å². The summed E-state index contributed by atoms with van der Waals surface area (Å²) >= 11 is 0. The lowest BCUT2D eigenvalue weighted by Gasteiger charge is -2.18. The summed E-state index contributed by atoms with van der Waals surface area (Å²) in [4.78, 5) is 11.6. The highest BCUT2D eigenvalue weighted by Gasteiger charge is 2.21. The van der Waals surface area contributed by atoms with Crippen molar-refractivity contribution in [2.24, 2.45) is 5.84 Å². The van der Waals surface area contributed by atoms with Gasteiger partial charge in [0.1, 0.15) is 5.76 Å². The van der Waals surface area contributed by atoms with E-state index in [2.05, 4.69) is 11.5 Å². The van der Waals surface area contributed by atoms with Crippen molar-refractivity contribution in [1.82, 2.24) is 5.43 Å². The molecule has 0 aromatic carbocycles. The van der Waals surface area contributed by atoms with Gasteiger partial charge in [-0.2, -0.15) is 0 Å². The molecule has 0 aliphatic heterocycles. The second kappa shape index (κ2) is 6.57. The Hall–Kier alpha value is -1.55. The predicted octanol–water partition coefficient (Wildman–Crippen LogP) is 2.79. The summed E-state index contributed by atoms with van der Waals surface area (Å²) in [6.45, 7) is 0. The topological polar surface area (TPSA) is 75.3 Å². The normalized spacial score (nSPS) is 20.5. The van der Waals surface area contributed by atoms with Gasteiger partial charge in [-0.1, -0.05) is 24.1 Å². The van der Waals surface area contributed by atoms with Crippen molar-refractivity contribution < 1.29 is 9.90 Å². The third-order valence-corrected chi connectivity index (χ3v) is 3.84. The summed E-state index contributed by atoms with van der Waals surface area (Å²) in [5, 5.41) is 10.2. The fourth-order valence-corrected chi connectivity index (χ4v) is 2.76. The Bertz CT molecular complexity index is 447. The Morgan fingerprint density at radius 2 is 2.05 bits per heavy atom. The van der Waals surface area contributed by atoms with Gasteiger partial charge in [0.25, 0.3) is 5.91 Å². The highest BCUT2D eigenvalue weighted by molar-refractivity contribution is 5.97. The standard InChI is InChI=1S/C15H22N2O2/c16-17-15(19)13-9-5-8-12(14(13)18)10-11-6-3-1-2-4-7-11/h6,9,18H,1-5,7-8,10,16H2,(H,17,19). The summed E-state index contributed by atoms with van der Waals surface area (Å²) in [5.74, 6) is 4.84. The smallest absolute Gasteiger partial charge is 0.268 e. The van der Waals surface area contributed by atoms with Gasteiger partial charge < -0.3 is 5.11 Å². The SMILES string of the molecule is NNC(=O)C1=CCCC(CC2=CCCCCC2)=C1O. The van der Waals surface area contributed by atoms with Gasteiger partial charge in [-0.05, 0) is 50.5 Å². The molecule has 1 amide bonds. The first kappa shape index (κ1) is 13.9. The number of aliphatic hydroxyl groups excluding tert-OH is 1. The Kier molecular flexibility index (Phi) is 4.80. The van der Waals surface area contributed by atoms with Crippen LogP contribution in [-0.2, 0) is 4.79 Å². The number of hydrogen-bond donors (Lipinski definition) is 3. The summed E-state index contributed by atoms with van der Waals surface area (Å²) in [7, 11) is 0. The Morgan fingerprint density at radius 3 is 2.84 bits per heavy atom. The molecule has 2 rings (SSSR count). The summed E-state index contributed by atoms with van der Waals surface area (Å²) in [6, 6.07) is 0. The molecule has 0 saturated heterocycles. The van der Waals surface area contributed by atoms with Crippen LogP contribution in [0.4, 0.5) is 0 Å². The van der Waals surface area contributed by atoms with E-state index in [1.165, 1.54) is 24.8 Å². The molecule has 2 aliphatic carbocycles. The van der Waals surface area contributed by atoms with Crippen molar-refractivity contribution in [3.63, 3.8) is 0 Å². The number of hydrogen-bond acceptors (Lipinski definition) is 3. The predicted molar refractivity (Wildman–Crippen MR) is 75.1 cm³/mol. The van der Waals surface area contributed by atoms with Gasteiger partial charge >= 0.3 is 0 Å². The highest BCUT2D eigenvalue weighted by Crippen LogP contribution is 2.31. The van der Waals surface area contributed by atoms with E-state index in [0.29, 0.717) is 5.57 Å². The minimum absolute atomic E-state index is 0.124. The average molecular weight is 262 g/mol. The molecule has 19 heavy (non-hydrogen) atoms. The lowest BCUT2D eigenvalue weighted by Crippen LogP contribution is -2.32. The number of carbonyl (C=O) groups excluding carboxylic acids is 1. The number of nitrogens with one attached hydrogen (secondary N) is 1. The van der Waals surface area contributed by atoms with Crippen LogP contribution in [0.15, 0.2) is 34.6 Å². The number of aliphatic hydroxyl groups is 1. The lowest BCUT2D eigenvalue weighted by atomic mass is 9.91. The molecule has 0 radical (unpaired) electrons. The largest absolute Gasteiger partial charge is 0.507 e. The maximum atomic E-state index is 11.6. The molecule has 0 bridgehead atoms. The van der Waals surface area contributed by atoms with Crippen molar-refractivity contribution in [1.29, 1.82) is 0 Å². The first-order valence-electron chi connectivity index (χ1n) is 7.02. The number of allylic oxidation sites excluding steroid dienone is 4. The third-order valence-electron chi connectivity index (χ3n) is 3.84. The molecule has 4 nitrogen and oxygen atoms in total. The molecule has 2 aliphatic rings. The molecule has 0 aromatic heterocycles. The number of nitrogens with two attached hydrogens (primary N) is 1. The van der Waals surface area contributed by atoms with E-state index in [0.717, 1.165) is 37.7 Å². The number of carbonyl (C=O) groups is 1. The molecule has 0 atom stereocenters. The molecular weight excluding hydrogens is 240 g/mol. The van der Waals surface area contributed by atoms with Crippen LogP contribution in [0, 0.1) is 0 Å². The first-order valence-corrected chi connectivity index (χ1v) is 7.02. The minimum atomic E-state index is -0.412. The van der Waals surface area contributed by atoms with Crippen molar-refractivity contribution in [2.45, 2.75) is 51.4 Å². The van der Waals surface area contributed by atoms with E-state index in [9.17, 15) is 9.90 Å². The number of rotatable bonds is 3. The maximum Gasteiger partial charge on any atom is 0.268 e. The maximum absolute atomic E-state index is 11.6. The van der Waals surface area contributed by atoms with E-state index < -0.39 is 5.91 Å². The molecule has 0 aromatic rings. The van der Waals surface area contributed by atoms with Gasteiger partial charge in [-0.25, -0.2) is 5.84 Å². The molecule has 0 heterocycles. The first-order chi connectivity index (χ1) is 9.22. The molecule has 0 saturated carbocycles. The Morgan fingerprint density at radius 1 is 1.21 bits per heavy atom. The van der Waals surface area contributed by atoms with E-state index >= 15 is 0 Å². The second-order valence-corrected chi connectivity index (χ2v) is 5.22. The van der Waals surface area contributed by atoms with E-state index in [1.807, 2.05) is 0 Å². The van der Waals surface area contributed by atoms with Crippen LogP contribution in [0.2, 0.25) is 0 Å². The van der Waals surface area contributed by atoms with Crippen molar-refractivity contribution in [3.05, 3.63) is 34.6 Å². The van der Waals surface area contributed by atoms with Gasteiger partial charge in [-0.3, -0.25) is 10.2 Å². The van der Waals surface area contributed by atoms with Crippen LogP contribution in [0.5, 0.6) is 0 Å². The molecule has 4 heteroatoms. The van der Waals surface area contributed by atoms with Gasteiger partial charge in [-0.15, -0.1) is 0 Å². The Balaban J connectivity index is 2.12. The van der Waals surface area contributed by atoms with Crippen molar-refractivity contribution in [3.8, 4) is 0 Å². The molecule has 104 valence electrons. The molecular formula is C15H22N2O2. The van der Waals surface area contributed by atoms with Crippen LogP contribution in [0.25, 0.3) is 0 Å². The minimum Gasteiger partial charge on any atom is -0.507 e. The van der Waals surface area contributed by atoms with Crippen molar-refractivity contribution >= 4 is 5.91 Å². The molecule has 0 spiro atoms. The van der Waals surface area contributed by atoms with Gasteiger partial charge in [0.05, 0.1) is 5.57 Å². The second-order valence-electron chi connectivity index (χ2n) is 5.22. The molecule has 4 N–H and O–H groups in total. The van der Waals surface area contributed by atoms with Crippen LogP contribution in [-0.4, -0.2) is 11.0 Å². The molecule has 0 fully saturated rings.